The molecule has 176 valence electrons. The molecular formula is C26H28N4O4. The monoisotopic (exact) mass is 460 g/mol. The Kier molecular flexibility index (Phi) is 5.59. The molecule has 2 aromatic rings. The fourth-order valence-electron chi connectivity index (χ4n) is 5.19. The zero-order chi connectivity index (χ0) is 24.0. The van der Waals surface area contributed by atoms with E-state index in [1.165, 1.54) is 10.5 Å². The van der Waals surface area contributed by atoms with Crippen LogP contribution in [0.3, 0.4) is 0 Å². The maximum absolute atomic E-state index is 13.3. The van der Waals surface area contributed by atoms with Crippen molar-refractivity contribution in [2.24, 2.45) is 0 Å². The van der Waals surface area contributed by atoms with Gasteiger partial charge in [-0.1, -0.05) is 32.0 Å². The normalized spacial score (nSPS) is 19.7. The van der Waals surface area contributed by atoms with Crippen LogP contribution in [0.1, 0.15) is 66.1 Å². The van der Waals surface area contributed by atoms with Crippen molar-refractivity contribution in [3.63, 3.8) is 0 Å². The minimum absolute atomic E-state index is 0.194. The fourth-order valence-corrected chi connectivity index (χ4v) is 5.19. The van der Waals surface area contributed by atoms with Gasteiger partial charge in [0.2, 0.25) is 11.8 Å². The Morgan fingerprint density at radius 2 is 1.91 bits per heavy atom. The standard InChI is InChI=1S/C26H28N4O4/c1-15(2)19-7-3-5-16-6-4-12-29(23(16)19)26(34)27-18-8-9-20-17(13-18)14-30(25(20)33)21-10-11-22(31)28-24(21)32/h3,5,7-9,13,15,21H,4,6,10-12,14H2,1-2H3,(H,27,34)(H,28,31,32). The average Bonchev–Trinajstić information content (AvgIpc) is 3.13. The fraction of sp³-hybridized carbons (Fsp3) is 0.385. The van der Waals surface area contributed by atoms with Gasteiger partial charge in [0.25, 0.3) is 5.91 Å². The van der Waals surface area contributed by atoms with E-state index in [0.29, 0.717) is 30.1 Å². The molecule has 2 N–H and O–H groups in total. The van der Waals surface area contributed by atoms with Crippen molar-refractivity contribution in [1.82, 2.24) is 10.2 Å². The largest absolute Gasteiger partial charge is 0.326 e. The Balaban J connectivity index is 1.35. The molecule has 0 aromatic heterocycles. The van der Waals surface area contributed by atoms with E-state index in [2.05, 4.69) is 42.7 Å². The first kappa shape index (κ1) is 22.1. The third-order valence-corrected chi connectivity index (χ3v) is 6.89. The summed E-state index contributed by atoms with van der Waals surface area (Å²) in [6.45, 7) is 5.18. The smallest absolute Gasteiger partial charge is 0.322 e. The molecule has 1 fully saturated rings. The first-order valence-corrected chi connectivity index (χ1v) is 11.8. The van der Waals surface area contributed by atoms with Crippen LogP contribution in [-0.4, -0.2) is 41.2 Å². The number of hydrogen-bond donors (Lipinski definition) is 2. The third-order valence-electron chi connectivity index (χ3n) is 6.89. The molecule has 0 saturated carbocycles. The van der Waals surface area contributed by atoms with Gasteiger partial charge in [0.1, 0.15) is 6.04 Å². The van der Waals surface area contributed by atoms with Crippen molar-refractivity contribution < 1.29 is 19.2 Å². The minimum Gasteiger partial charge on any atom is -0.322 e. The number of hydrogen-bond acceptors (Lipinski definition) is 4. The number of carbonyl (C=O) groups excluding carboxylic acids is 4. The van der Waals surface area contributed by atoms with E-state index in [0.717, 1.165) is 29.7 Å². The van der Waals surface area contributed by atoms with Crippen molar-refractivity contribution in [2.45, 2.75) is 58.0 Å². The summed E-state index contributed by atoms with van der Waals surface area (Å²) >= 11 is 0. The van der Waals surface area contributed by atoms with Crippen LogP contribution < -0.4 is 15.5 Å². The second-order valence-corrected chi connectivity index (χ2v) is 9.47. The zero-order valence-electron chi connectivity index (χ0n) is 19.4. The van der Waals surface area contributed by atoms with E-state index in [1.807, 2.05) is 4.90 Å². The highest BCUT2D eigenvalue weighted by molar-refractivity contribution is 6.06. The van der Waals surface area contributed by atoms with Gasteiger partial charge < -0.3 is 10.2 Å². The van der Waals surface area contributed by atoms with Gasteiger partial charge in [0, 0.05) is 30.8 Å². The van der Waals surface area contributed by atoms with E-state index in [9.17, 15) is 19.2 Å². The molecule has 1 unspecified atom stereocenters. The molecule has 34 heavy (non-hydrogen) atoms. The Labute approximate surface area is 198 Å². The quantitative estimate of drug-likeness (QED) is 0.685. The highest BCUT2D eigenvalue weighted by atomic mass is 16.2. The zero-order valence-corrected chi connectivity index (χ0v) is 19.4. The van der Waals surface area contributed by atoms with Crippen LogP contribution in [0, 0.1) is 0 Å². The number of aryl methyl sites for hydroxylation is 1. The molecule has 0 bridgehead atoms. The summed E-state index contributed by atoms with van der Waals surface area (Å²) in [6.07, 6.45) is 2.40. The van der Waals surface area contributed by atoms with Gasteiger partial charge in [-0.2, -0.15) is 0 Å². The summed E-state index contributed by atoms with van der Waals surface area (Å²) in [5.41, 5.74) is 5.23. The number of piperidine rings is 1. The van der Waals surface area contributed by atoms with Gasteiger partial charge in [-0.15, -0.1) is 0 Å². The molecule has 1 atom stereocenters. The predicted octanol–water partition coefficient (Wildman–Crippen LogP) is 3.56. The Morgan fingerprint density at radius 3 is 2.68 bits per heavy atom. The lowest BCUT2D eigenvalue weighted by Gasteiger charge is -2.32. The molecule has 8 heteroatoms. The van der Waals surface area contributed by atoms with Crippen molar-refractivity contribution >= 4 is 35.1 Å². The number of anilines is 2. The lowest BCUT2D eigenvalue weighted by atomic mass is 9.92. The molecule has 0 radical (unpaired) electrons. The number of carbonyl (C=O) groups is 4. The Morgan fingerprint density at radius 1 is 1.09 bits per heavy atom. The number of benzene rings is 2. The molecule has 0 aliphatic carbocycles. The highest BCUT2D eigenvalue weighted by Crippen LogP contribution is 2.36. The summed E-state index contributed by atoms with van der Waals surface area (Å²) in [7, 11) is 0. The van der Waals surface area contributed by atoms with Crippen LogP contribution in [0.2, 0.25) is 0 Å². The first-order valence-electron chi connectivity index (χ1n) is 11.8. The molecular weight excluding hydrogens is 432 g/mol. The lowest BCUT2D eigenvalue weighted by molar-refractivity contribution is -0.136. The van der Waals surface area contributed by atoms with Crippen molar-refractivity contribution in [2.75, 3.05) is 16.8 Å². The molecule has 1 saturated heterocycles. The molecule has 8 nitrogen and oxygen atoms in total. The maximum Gasteiger partial charge on any atom is 0.326 e. The van der Waals surface area contributed by atoms with Crippen LogP contribution >= 0.6 is 0 Å². The maximum atomic E-state index is 13.3. The van der Waals surface area contributed by atoms with Crippen molar-refractivity contribution in [3.05, 3.63) is 58.7 Å². The van der Waals surface area contributed by atoms with Crippen LogP contribution in [0.4, 0.5) is 16.2 Å². The number of imide groups is 1. The lowest BCUT2D eigenvalue weighted by Crippen LogP contribution is -2.52. The number of urea groups is 1. The first-order chi connectivity index (χ1) is 16.3. The van der Waals surface area contributed by atoms with E-state index < -0.39 is 11.9 Å². The van der Waals surface area contributed by atoms with Crippen molar-refractivity contribution in [3.8, 4) is 0 Å². The number of fused-ring (bicyclic) bond motifs is 2. The average molecular weight is 461 g/mol. The van der Waals surface area contributed by atoms with Crippen LogP contribution in [0.25, 0.3) is 0 Å². The second kappa shape index (κ2) is 8.59. The Bertz CT molecular complexity index is 1210. The highest BCUT2D eigenvalue weighted by Gasteiger charge is 2.39. The van der Waals surface area contributed by atoms with E-state index in [1.54, 1.807) is 18.2 Å². The van der Waals surface area contributed by atoms with Crippen LogP contribution in [0.15, 0.2) is 36.4 Å². The van der Waals surface area contributed by atoms with Gasteiger partial charge in [-0.25, -0.2) is 4.79 Å². The predicted molar refractivity (Wildman–Crippen MR) is 128 cm³/mol. The van der Waals surface area contributed by atoms with Crippen molar-refractivity contribution in [1.29, 1.82) is 0 Å². The van der Waals surface area contributed by atoms with E-state index >= 15 is 0 Å². The summed E-state index contributed by atoms with van der Waals surface area (Å²) < 4.78 is 0. The summed E-state index contributed by atoms with van der Waals surface area (Å²) in [5, 5.41) is 5.32. The Hall–Kier alpha value is -3.68. The van der Waals surface area contributed by atoms with Gasteiger partial charge in [0.05, 0.1) is 5.69 Å². The third kappa shape index (κ3) is 3.83. The molecule has 3 aliphatic heterocycles. The van der Waals surface area contributed by atoms with Crippen LogP contribution in [0.5, 0.6) is 0 Å². The van der Waals surface area contributed by atoms with Gasteiger partial charge in [0.15, 0.2) is 0 Å². The SMILES string of the molecule is CC(C)c1cccc2c1N(C(=O)Nc1ccc3c(c1)CN(C1CCC(=O)NC1=O)C3=O)CCC2. The van der Waals surface area contributed by atoms with Crippen LogP contribution in [-0.2, 0) is 22.6 Å². The summed E-state index contributed by atoms with van der Waals surface area (Å²) in [5.74, 6) is -0.674. The molecule has 5 rings (SSSR count). The van der Waals surface area contributed by atoms with Gasteiger partial charge in [-0.3, -0.25) is 24.6 Å². The summed E-state index contributed by atoms with van der Waals surface area (Å²) in [4.78, 5) is 53.3. The van der Waals surface area contributed by atoms with Gasteiger partial charge >= 0.3 is 6.03 Å². The number of para-hydroxylation sites is 1. The second-order valence-electron chi connectivity index (χ2n) is 9.47. The topological polar surface area (TPSA) is 98.8 Å². The number of rotatable bonds is 3. The number of nitrogens with one attached hydrogen (secondary N) is 2. The molecule has 0 spiro atoms. The van der Waals surface area contributed by atoms with E-state index in [-0.39, 0.29) is 30.8 Å². The minimum atomic E-state index is -0.657. The molecule has 5 amide bonds. The number of amides is 5. The van der Waals surface area contributed by atoms with Gasteiger partial charge in [-0.05, 0) is 60.1 Å². The molecule has 2 aromatic carbocycles. The molecule has 3 heterocycles. The summed E-state index contributed by atoms with van der Waals surface area (Å²) in [6, 6.07) is 10.6. The van der Waals surface area contributed by atoms with E-state index in [4.69, 9.17) is 0 Å². The number of nitrogens with zero attached hydrogens (tertiary/aromatic N) is 2. The molecule has 3 aliphatic rings.